The van der Waals surface area contributed by atoms with Crippen LogP contribution in [0.5, 0.6) is 0 Å². The number of aryl methyl sites for hydroxylation is 1. The number of hydrogen-bond acceptors (Lipinski definition) is 3. The molecule has 1 unspecified atom stereocenters. The van der Waals surface area contributed by atoms with E-state index in [0.717, 1.165) is 13.0 Å². The normalized spacial score (nSPS) is 13.0. The summed E-state index contributed by atoms with van der Waals surface area (Å²) in [6, 6.07) is 8.58. The summed E-state index contributed by atoms with van der Waals surface area (Å²) in [4.78, 5) is 2.11. The molecule has 1 rings (SSSR count). The summed E-state index contributed by atoms with van der Waals surface area (Å²) in [6.07, 6.45) is 1.60. The molecule has 3 heteroatoms. The fourth-order valence-corrected chi connectivity index (χ4v) is 1.84. The van der Waals surface area contributed by atoms with E-state index < -0.39 is 0 Å². The number of aliphatic hydroxyl groups excluding tert-OH is 2. The fraction of sp³-hybridized carbons (Fsp3) is 0.571. The number of nitrogens with zero attached hydrogens (tertiary/aromatic N) is 1. The van der Waals surface area contributed by atoms with E-state index in [-0.39, 0.29) is 19.3 Å². The van der Waals surface area contributed by atoms with Gasteiger partial charge < -0.3 is 15.1 Å². The highest BCUT2D eigenvalue weighted by Gasteiger charge is 2.12. The minimum atomic E-state index is 0.0606. The summed E-state index contributed by atoms with van der Waals surface area (Å²) < 4.78 is 0. The van der Waals surface area contributed by atoms with Gasteiger partial charge in [-0.3, -0.25) is 0 Å². The lowest BCUT2D eigenvalue weighted by molar-refractivity contribution is 0.120. The third-order valence-electron chi connectivity index (χ3n) is 3.17. The van der Waals surface area contributed by atoms with Gasteiger partial charge in [0.25, 0.3) is 0 Å². The number of rotatable bonds is 7. The monoisotopic (exact) mass is 237 g/mol. The van der Waals surface area contributed by atoms with E-state index in [0.29, 0.717) is 6.42 Å². The van der Waals surface area contributed by atoms with Crippen LogP contribution in [0.25, 0.3) is 0 Å². The predicted octanol–water partition coefficient (Wildman–Crippen LogP) is 1.21. The van der Waals surface area contributed by atoms with E-state index in [1.807, 2.05) is 7.05 Å². The fourth-order valence-electron chi connectivity index (χ4n) is 1.84. The first-order valence-electron chi connectivity index (χ1n) is 6.15. The zero-order valence-corrected chi connectivity index (χ0v) is 10.8. The Balaban J connectivity index is 2.41. The van der Waals surface area contributed by atoms with Crippen LogP contribution in [0.2, 0.25) is 0 Å². The Bertz CT molecular complexity index is 311. The average molecular weight is 237 g/mol. The maximum Gasteiger partial charge on any atom is 0.0587 e. The molecule has 3 nitrogen and oxygen atoms in total. The molecule has 0 aliphatic rings. The molecule has 0 heterocycles. The Kier molecular flexibility index (Phi) is 6.19. The molecule has 1 aromatic rings. The molecule has 1 aromatic carbocycles. The van der Waals surface area contributed by atoms with Crippen molar-refractivity contribution in [2.75, 3.05) is 26.8 Å². The first kappa shape index (κ1) is 14.2. The highest BCUT2D eigenvalue weighted by Crippen LogP contribution is 2.07. The van der Waals surface area contributed by atoms with Gasteiger partial charge in [0.1, 0.15) is 0 Å². The number of likely N-dealkylation sites (N-methyl/N-ethyl adjacent to an activating group) is 1. The lowest BCUT2D eigenvalue weighted by atomic mass is 10.1. The van der Waals surface area contributed by atoms with Crippen LogP contribution in [0.3, 0.4) is 0 Å². The van der Waals surface area contributed by atoms with E-state index in [1.165, 1.54) is 11.1 Å². The van der Waals surface area contributed by atoms with E-state index in [4.69, 9.17) is 5.11 Å². The van der Waals surface area contributed by atoms with Crippen LogP contribution in [-0.2, 0) is 6.42 Å². The van der Waals surface area contributed by atoms with Crippen LogP contribution in [0.1, 0.15) is 17.5 Å². The Hall–Kier alpha value is -0.900. The van der Waals surface area contributed by atoms with Crippen molar-refractivity contribution < 1.29 is 10.2 Å². The molecule has 0 spiro atoms. The lowest BCUT2D eigenvalue weighted by Crippen LogP contribution is -2.36. The van der Waals surface area contributed by atoms with Gasteiger partial charge in [0, 0.05) is 19.2 Å². The summed E-state index contributed by atoms with van der Waals surface area (Å²) in [7, 11) is 1.99. The van der Waals surface area contributed by atoms with Gasteiger partial charge in [0.2, 0.25) is 0 Å². The van der Waals surface area contributed by atoms with Crippen molar-refractivity contribution >= 4 is 0 Å². The molecule has 0 aliphatic heterocycles. The second-order valence-corrected chi connectivity index (χ2v) is 4.56. The molecule has 0 fully saturated rings. The Morgan fingerprint density at radius 2 is 1.82 bits per heavy atom. The Morgan fingerprint density at radius 1 is 1.18 bits per heavy atom. The molecule has 0 saturated heterocycles. The Labute approximate surface area is 104 Å². The van der Waals surface area contributed by atoms with Crippen molar-refractivity contribution in [1.29, 1.82) is 0 Å². The second kappa shape index (κ2) is 7.43. The topological polar surface area (TPSA) is 43.7 Å². The van der Waals surface area contributed by atoms with Crippen molar-refractivity contribution in [1.82, 2.24) is 4.90 Å². The highest BCUT2D eigenvalue weighted by molar-refractivity contribution is 5.21. The molecular weight excluding hydrogens is 214 g/mol. The van der Waals surface area contributed by atoms with Gasteiger partial charge in [-0.05, 0) is 32.4 Å². The van der Waals surface area contributed by atoms with E-state index in [1.54, 1.807) is 0 Å². The minimum absolute atomic E-state index is 0.0606. The minimum Gasteiger partial charge on any atom is -0.396 e. The zero-order chi connectivity index (χ0) is 12.7. The maximum absolute atomic E-state index is 9.21. The maximum atomic E-state index is 9.21. The summed E-state index contributed by atoms with van der Waals surface area (Å²) in [6.45, 7) is 3.21. The average Bonchev–Trinajstić information content (AvgIpc) is 2.35. The first-order valence-corrected chi connectivity index (χ1v) is 6.15. The highest BCUT2D eigenvalue weighted by atomic mass is 16.3. The van der Waals surface area contributed by atoms with E-state index >= 15 is 0 Å². The smallest absolute Gasteiger partial charge is 0.0587 e. The molecule has 0 bridgehead atoms. The van der Waals surface area contributed by atoms with Crippen LogP contribution >= 0.6 is 0 Å². The van der Waals surface area contributed by atoms with Gasteiger partial charge in [0.05, 0.1) is 6.61 Å². The summed E-state index contributed by atoms with van der Waals surface area (Å²) in [5.41, 5.74) is 2.58. The molecule has 96 valence electrons. The molecular formula is C14H23NO2. The molecule has 0 aliphatic carbocycles. The van der Waals surface area contributed by atoms with Crippen molar-refractivity contribution in [3.8, 4) is 0 Å². The van der Waals surface area contributed by atoms with Gasteiger partial charge in [-0.25, -0.2) is 0 Å². The zero-order valence-electron chi connectivity index (χ0n) is 10.8. The van der Waals surface area contributed by atoms with Gasteiger partial charge in [-0.15, -0.1) is 0 Å². The van der Waals surface area contributed by atoms with E-state index in [9.17, 15) is 5.11 Å². The van der Waals surface area contributed by atoms with Crippen molar-refractivity contribution in [2.45, 2.75) is 25.8 Å². The molecule has 17 heavy (non-hydrogen) atoms. The van der Waals surface area contributed by atoms with Crippen LogP contribution in [0.15, 0.2) is 24.3 Å². The molecule has 0 amide bonds. The predicted molar refractivity (Wildman–Crippen MR) is 70.1 cm³/mol. The molecule has 2 N–H and O–H groups in total. The third-order valence-corrected chi connectivity index (χ3v) is 3.17. The summed E-state index contributed by atoms with van der Waals surface area (Å²) in [5.74, 6) is 0. The third kappa shape index (κ3) is 4.86. The standard InChI is InChI=1S/C14H23NO2/c1-12-3-5-13(6-4-12)7-9-15(2)14(11-17)8-10-16/h3-6,14,16-17H,7-11H2,1-2H3. The molecule has 1 atom stereocenters. The summed E-state index contributed by atoms with van der Waals surface area (Å²) >= 11 is 0. The van der Waals surface area contributed by atoms with Gasteiger partial charge in [-0.2, -0.15) is 0 Å². The van der Waals surface area contributed by atoms with Gasteiger partial charge >= 0.3 is 0 Å². The van der Waals surface area contributed by atoms with Gasteiger partial charge in [0.15, 0.2) is 0 Å². The van der Waals surface area contributed by atoms with Crippen LogP contribution in [0.4, 0.5) is 0 Å². The number of aliphatic hydroxyl groups is 2. The number of hydrogen-bond donors (Lipinski definition) is 2. The van der Waals surface area contributed by atoms with Crippen molar-refractivity contribution in [3.63, 3.8) is 0 Å². The van der Waals surface area contributed by atoms with Crippen LogP contribution < -0.4 is 0 Å². The lowest BCUT2D eigenvalue weighted by Gasteiger charge is -2.25. The largest absolute Gasteiger partial charge is 0.396 e. The Morgan fingerprint density at radius 3 is 2.35 bits per heavy atom. The van der Waals surface area contributed by atoms with Gasteiger partial charge in [-0.1, -0.05) is 29.8 Å². The quantitative estimate of drug-likeness (QED) is 0.749. The summed E-state index contributed by atoms with van der Waals surface area (Å²) in [5, 5.41) is 18.1. The van der Waals surface area contributed by atoms with Crippen molar-refractivity contribution in [2.24, 2.45) is 0 Å². The number of benzene rings is 1. The van der Waals surface area contributed by atoms with Crippen molar-refractivity contribution in [3.05, 3.63) is 35.4 Å². The first-order chi connectivity index (χ1) is 8.17. The molecule has 0 saturated carbocycles. The van der Waals surface area contributed by atoms with Crippen LogP contribution in [0, 0.1) is 6.92 Å². The second-order valence-electron chi connectivity index (χ2n) is 4.56. The van der Waals surface area contributed by atoms with E-state index in [2.05, 4.69) is 36.1 Å². The molecule has 0 radical (unpaired) electrons. The SMILES string of the molecule is Cc1ccc(CCN(C)C(CO)CCO)cc1. The van der Waals surface area contributed by atoms with Crippen LogP contribution in [-0.4, -0.2) is 48.0 Å². The molecule has 0 aromatic heterocycles.